The first-order valence-electron chi connectivity index (χ1n) is 4.51. The van der Waals surface area contributed by atoms with Crippen LogP contribution in [-0.4, -0.2) is 11.2 Å². The van der Waals surface area contributed by atoms with Crippen LogP contribution in [0.25, 0.3) is 0 Å². The van der Waals surface area contributed by atoms with Crippen LogP contribution in [0.15, 0.2) is 18.2 Å². The summed E-state index contributed by atoms with van der Waals surface area (Å²) in [6.07, 6.45) is 0. The molecule has 0 spiro atoms. The zero-order valence-corrected chi connectivity index (χ0v) is 9.29. The van der Waals surface area contributed by atoms with E-state index >= 15 is 0 Å². The number of hydrogen-bond acceptors (Lipinski definition) is 1. The summed E-state index contributed by atoms with van der Waals surface area (Å²) in [6.45, 7) is 3.80. The average molecular weight is 230 g/mol. The van der Waals surface area contributed by atoms with Gasteiger partial charge in [-0.1, -0.05) is 0 Å². The molecule has 0 aliphatic heterocycles. The third-order valence-corrected chi connectivity index (χ3v) is 1.82. The molecule has 1 rings (SSSR count). The smallest absolute Gasteiger partial charge is 0.171 e. The predicted molar refractivity (Wildman–Crippen MR) is 60.9 cm³/mol. The summed E-state index contributed by atoms with van der Waals surface area (Å²) >= 11 is 4.90. The van der Waals surface area contributed by atoms with Crippen LogP contribution < -0.4 is 10.6 Å². The molecule has 0 fully saturated rings. The highest BCUT2D eigenvalue weighted by atomic mass is 32.1. The van der Waals surface area contributed by atoms with E-state index < -0.39 is 11.6 Å². The molecule has 0 aliphatic rings. The number of hydrogen-bond donors (Lipinski definition) is 2. The van der Waals surface area contributed by atoms with Gasteiger partial charge in [-0.3, -0.25) is 0 Å². The topological polar surface area (TPSA) is 24.1 Å². The molecule has 1 aromatic carbocycles. The van der Waals surface area contributed by atoms with Gasteiger partial charge in [-0.2, -0.15) is 0 Å². The fourth-order valence-electron chi connectivity index (χ4n) is 1.01. The van der Waals surface area contributed by atoms with Crippen LogP contribution in [0, 0.1) is 11.6 Å². The van der Waals surface area contributed by atoms with Crippen molar-refractivity contribution in [3.05, 3.63) is 29.8 Å². The second-order valence-corrected chi connectivity index (χ2v) is 3.79. The summed E-state index contributed by atoms with van der Waals surface area (Å²) in [7, 11) is 0. The van der Waals surface area contributed by atoms with Crippen molar-refractivity contribution in [2.75, 3.05) is 5.32 Å². The van der Waals surface area contributed by atoms with E-state index in [1.807, 2.05) is 13.8 Å². The first-order valence-corrected chi connectivity index (χ1v) is 4.92. The van der Waals surface area contributed by atoms with E-state index in [2.05, 4.69) is 10.6 Å². The summed E-state index contributed by atoms with van der Waals surface area (Å²) < 4.78 is 25.9. The minimum absolute atomic E-state index is 0.0353. The van der Waals surface area contributed by atoms with Gasteiger partial charge in [-0.25, -0.2) is 8.78 Å². The monoisotopic (exact) mass is 230 g/mol. The second kappa shape index (κ2) is 5.02. The van der Waals surface area contributed by atoms with E-state index in [4.69, 9.17) is 12.2 Å². The van der Waals surface area contributed by atoms with Crippen molar-refractivity contribution in [1.82, 2.24) is 5.32 Å². The molecule has 5 heteroatoms. The van der Waals surface area contributed by atoms with E-state index in [9.17, 15) is 8.78 Å². The highest BCUT2D eigenvalue weighted by molar-refractivity contribution is 7.80. The molecule has 1 aromatic rings. The fourth-order valence-corrected chi connectivity index (χ4v) is 1.36. The number of thiocarbonyl (C=S) groups is 1. The first kappa shape index (κ1) is 11.8. The molecule has 0 saturated carbocycles. The van der Waals surface area contributed by atoms with Gasteiger partial charge in [-0.05, 0) is 38.2 Å². The molecule has 0 aromatic heterocycles. The first-order chi connectivity index (χ1) is 6.99. The van der Waals surface area contributed by atoms with Crippen LogP contribution in [0.2, 0.25) is 0 Å². The molecule has 0 amide bonds. The Morgan fingerprint density at radius 3 is 2.60 bits per heavy atom. The van der Waals surface area contributed by atoms with Crippen molar-refractivity contribution in [3.8, 4) is 0 Å². The van der Waals surface area contributed by atoms with Crippen molar-refractivity contribution < 1.29 is 8.78 Å². The molecule has 0 unspecified atom stereocenters. The van der Waals surface area contributed by atoms with E-state index in [1.54, 1.807) is 0 Å². The van der Waals surface area contributed by atoms with Crippen molar-refractivity contribution in [2.45, 2.75) is 19.9 Å². The standard InChI is InChI=1S/C10H12F2N2S/c1-6(2)13-10(15)14-9-5-7(11)3-4-8(9)12/h3-6H,1-2H3,(H2,13,14,15). The van der Waals surface area contributed by atoms with Gasteiger partial charge in [-0.15, -0.1) is 0 Å². The lowest BCUT2D eigenvalue weighted by molar-refractivity contribution is 0.603. The molecule has 0 saturated heterocycles. The highest BCUT2D eigenvalue weighted by Crippen LogP contribution is 2.14. The Labute approximate surface area is 92.7 Å². The third kappa shape index (κ3) is 3.79. The molecule has 82 valence electrons. The molecule has 15 heavy (non-hydrogen) atoms. The summed E-state index contributed by atoms with van der Waals surface area (Å²) in [5, 5.41) is 5.73. The average Bonchev–Trinajstić information content (AvgIpc) is 2.10. The summed E-state index contributed by atoms with van der Waals surface area (Å²) in [6, 6.07) is 3.31. The van der Waals surface area contributed by atoms with E-state index in [1.165, 1.54) is 0 Å². The molecule has 0 heterocycles. The molecule has 0 aliphatic carbocycles. The van der Waals surface area contributed by atoms with Gasteiger partial charge in [0.1, 0.15) is 11.6 Å². The van der Waals surface area contributed by atoms with Gasteiger partial charge < -0.3 is 10.6 Å². The second-order valence-electron chi connectivity index (χ2n) is 3.38. The molecular weight excluding hydrogens is 218 g/mol. The van der Waals surface area contributed by atoms with Crippen molar-refractivity contribution >= 4 is 23.0 Å². The lowest BCUT2D eigenvalue weighted by Crippen LogP contribution is -2.34. The number of rotatable bonds is 2. The highest BCUT2D eigenvalue weighted by Gasteiger charge is 2.05. The molecule has 0 atom stereocenters. The van der Waals surface area contributed by atoms with Gasteiger partial charge in [0, 0.05) is 12.1 Å². The van der Waals surface area contributed by atoms with Gasteiger partial charge in [0.2, 0.25) is 0 Å². The Morgan fingerprint density at radius 2 is 2.00 bits per heavy atom. The minimum atomic E-state index is -0.538. The lowest BCUT2D eigenvalue weighted by atomic mass is 10.3. The Balaban J connectivity index is 2.71. The van der Waals surface area contributed by atoms with Crippen LogP contribution >= 0.6 is 12.2 Å². The number of anilines is 1. The summed E-state index contributed by atoms with van der Waals surface area (Å²) in [5.41, 5.74) is 0.0353. The largest absolute Gasteiger partial charge is 0.360 e. The maximum Gasteiger partial charge on any atom is 0.171 e. The van der Waals surface area contributed by atoms with Crippen molar-refractivity contribution in [1.29, 1.82) is 0 Å². The molecule has 0 bridgehead atoms. The zero-order valence-electron chi connectivity index (χ0n) is 8.47. The quantitative estimate of drug-likeness (QED) is 0.764. The van der Waals surface area contributed by atoms with Gasteiger partial charge >= 0.3 is 0 Å². The Bertz CT molecular complexity index is 366. The van der Waals surface area contributed by atoms with Crippen LogP contribution in [-0.2, 0) is 0 Å². The number of benzene rings is 1. The predicted octanol–water partition coefficient (Wildman–Crippen LogP) is 2.66. The molecular formula is C10H12F2N2S. The third-order valence-electron chi connectivity index (χ3n) is 1.60. The van der Waals surface area contributed by atoms with E-state index in [0.717, 1.165) is 18.2 Å². The van der Waals surface area contributed by atoms with E-state index in [-0.39, 0.29) is 16.8 Å². The molecule has 0 radical (unpaired) electrons. The fraction of sp³-hybridized carbons (Fsp3) is 0.300. The van der Waals surface area contributed by atoms with Crippen LogP contribution in [0.1, 0.15) is 13.8 Å². The number of halogens is 2. The SMILES string of the molecule is CC(C)NC(=S)Nc1cc(F)ccc1F. The van der Waals surface area contributed by atoms with Gasteiger partial charge in [0.15, 0.2) is 5.11 Å². The minimum Gasteiger partial charge on any atom is -0.360 e. The lowest BCUT2D eigenvalue weighted by Gasteiger charge is -2.13. The van der Waals surface area contributed by atoms with Gasteiger partial charge in [0.05, 0.1) is 5.69 Å². The Hall–Kier alpha value is -1.23. The summed E-state index contributed by atoms with van der Waals surface area (Å²) in [5.74, 6) is -1.05. The Kier molecular flexibility index (Phi) is 3.96. The molecule has 2 nitrogen and oxygen atoms in total. The Morgan fingerprint density at radius 1 is 1.33 bits per heavy atom. The maximum atomic E-state index is 13.2. The van der Waals surface area contributed by atoms with Crippen molar-refractivity contribution in [3.63, 3.8) is 0 Å². The zero-order chi connectivity index (χ0) is 11.4. The normalized spacial score (nSPS) is 10.2. The van der Waals surface area contributed by atoms with Crippen LogP contribution in [0.3, 0.4) is 0 Å². The molecule has 2 N–H and O–H groups in total. The number of nitrogens with one attached hydrogen (secondary N) is 2. The van der Waals surface area contributed by atoms with E-state index in [0.29, 0.717) is 0 Å². The van der Waals surface area contributed by atoms with Crippen LogP contribution in [0.5, 0.6) is 0 Å². The summed E-state index contributed by atoms with van der Waals surface area (Å²) in [4.78, 5) is 0. The van der Waals surface area contributed by atoms with Gasteiger partial charge in [0.25, 0.3) is 0 Å². The van der Waals surface area contributed by atoms with Crippen molar-refractivity contribution in [2.24, 2.45) is 0 Å². The van der Waals surface area contributed by atoms with Crippen LogP contribution in [0.4, 0.5) is 14.5 Å². The maximum absolute atomic E-state index is 13.2.